The first-order valence-electron chi connectivity index (χ1n) is 4.53. The van der Waals surface area contributed by atoms with Crippen LogP contribution in [-0.2, 0) is 12.8 Å². The first kappa shape index (κ1) is 11.1. The van der Waals surface area contributed by atoms with Crippen molar-refractivity contribution in [1.82, 2.24) is 4.98 Å². The number of nitrogens with zero attached hydrogens (tertiary/aromatic N) is 2. The summed E-state index contributed by atoms with van der Waals surface area (Å²) >= 11 is 0. The van der Waals surface area contributed by atoms with Crippen LogP contribution in [0.25, 0.3) is 0 Å². The van der Waals surface area contributed by atoms with Gasteiger partial charge in [0.05, 0.1) is 16.3 Å². The van der Waals surface area contributed by atoms with Crippen LogP contribution in [0.2, 0.25) is 0 Å². The van der Waals surface area contributed by atoms with E-state index in [9.17, 15) is 10.1 Å². The summed E-state index contributed by atoms with van der Waals surface area (Å²) in [5.74, 6) is 0. The number of hydrogen-bond acceptors (Lipinski definition) is 3. The number of allylic oxidation sites excluding steroid dienone is 2. The van der Waals surface area contributed by atoms with Gasteiger partial charge in [-0.15, -0.1) is 13.2 Å². The molecule has 0 unspecified atom stereocenters. The van der Waals surface area contributed by atoms with Crippen molar-refractivity contribution >= 4 is 5.69 Å². The zero-order valence-electron chi connectivity index (χ0n) is 8.35. The molecule has 1 heterocycles. The molecule has 0 bridgehead atoms. The zero-order chi connectivity index (χ0) is 11.3. The fourth-order valence-corrected chi connectivity index (χ4v) is 1.24. The summed E-state index contributed by atoms with van der Waals surface area (Å²) in [6.07, 6.45) is 4.41. The van der Waals surface area contributed by atoms with Crippen LogP contribution in [0.4, 0.5) is 5.69 Å². The Balaban J connectivity index is 3.12. The van der Waals surface area contributed by atoms with Crippen LogP contribution in [0.1, 0.15) is 11.4 Å². The van der Waals surface area contributed by atoms with E-state index in [0.29, 0.717) is 24.2 Å². The Hall–Kier alpha value is -1.97. The van der Waals surface area contributed by atoms with E-state index >= 15 is 0 Å². The SMILES string of the molecule is C=CCc1cc([N+](=O)[O-])cc(CC=C)n1. The molecule has 1 rings (SSSR count). The van der Waals surface area contributed by atoms with Gasteiger partial charge < -0.3 is 0 Å². The molecule has 0 fully saturated rings. The first-order chi connectivity index (χ1) is 7.17. The third-order valence-electron chi connectivity index (χ3n) is 1.83. The first-order valence-corrected chi connectivity index (χ1v) is 4.53. The minimum absolute atomic E-state index is 0.0682. The van der Waals surface area contributed by atoms with Crippen LogP contribution >= 0.6 is 0 Å². The predicted molar refractivity (Wildman–Crippen MR) is 58.7 cm³/mol. The molecule has 15 heavy (non-hydrogen) atoms. The van der Waals surface area contributed by atoms with Crippen molar-refractivity contribution in [2.24, 2.45) is 0 Å². The van der Waals surface area contributed by atoms with Gasteiger partial charge in [-0.25, -0.2) is 0 Å². The Kier molecular flexibility index (Phi) is 3.74. The van der Waals surface area contributed by atoms with Crippen LogP contribution in [0.5, 0.6) is 0 Å². The van der Waals surface area contributed by atoms with E-state index in [1.54, 1.807) is 12.2 Å². The highest BCUT2D eigenvalue weighted by Crippen LogP contribution is 2.15. The van der Waals surface area contributed by atoms with E-state index < -0.39 is 4.92 Å². The summed E-state index contributed by atoms with van der Waals surface area (Å²) in [7, 11) is 0. The Morgan fingerprint density at radius 2 is 1.73 bits per heavy atom. The van der Waals surface area contributed by atoms with E-state index in [4.69, 9.17) is 0 Å². The lowest BCUT2D eigenvalue weighted by Crippen LogP contribution is -1.98. The normalized spacial score (nSPS) is 9.60. The molecule has 0 saturated heterocycles. The summed E-state index contributed by atoms with van der Waals surface area (Å²) in [5.41, 5.74) is 1.39. The predicted octanol–water partition coefficient (Wildman–Crippen LogP) is 2.45. The van der Waals surface area contributed by atoms with Crippen molar-refractivity contribution < 1.29 is 4.92 Å². The lowest BCUT2D eigenvalue weighted by atomic mass is 10.2. The van der Waals surface area contributed by atoms with Crippen LogP contribution in [-0.4, -0.2) is 9.91 Å². The molecule has 0 N–H and O–H groups in total. The Labute approximate surface area is 88.1 Å². The minimum Gasteiger partial charge on any atom is -0.258 e. The average Bonchev–Trinajstić information content (AvgIpc) is 2.18. The van der Waals surface area contributed by atoms with Crippen LogP contribution < -0.4 is 0 Å². The molecule has 0 atom stereocenters. The van der Waals surface area contributed by atoms with Crippen molar-refractivity contribution in [3.05, 3.63) is 58.9 Å². The molecule has 78 valence electrons. The molecular formula is C11H12N2O2. The van der Waals surface area contributed by atoms with Crippen molar-refractivity contribution in [3.63, 3.8) is 0 Å². The molecule has 0 saturated carbocycles. The Morgan fingerprint density at radius 3 is 2.07 bits per heavy atom. The van der Waals surface area contributed by atoms with Crippen molar-refractivity contribution in [2.45, 2.75) is 12.8 Å². The third kappa shape index (κ3) is 3.02. The second-order valence-electron chi connectivity index (χ2n) is 3.05. The van der Waals surface area contributed by atoms with Gasteiger partial charge in [-0.1, -0.05) is 12.2 Å². The lowest BCUT2D eigenvalue weighted by molar-refractivity contribution is -0.385. The molecule has 0 aliphatic carbocycles. The maximum Gasteiger partial charge on any atom is 0.273 e. The number of pyridine rings is 1. The Bertz CT molecular complexity index is 371. The fraction of sp³-hybridized carbons (Fsp3) is 0.182. The molecule has 0 radical (unpaired) electrons. The van der Waals surface area contributed by atoms with Gasteiger partial charge >= 0.3 is 0 Å². The smallest absolute Gasteiger partial charge is 0.258 e. The molecule has 1 aromatic heterocycles. The van der Waals surface area contributed by atoms with Gasteiger partial charge in [0.1, 0.15) is 0 Å². The van der Waals surface area contributed by atoms with E-state index in [0.717, 1.165) is 0 Å². The summed E-state index contributed by atoms with van der Waals surface area (Å²) in [6, 6.07) is 2.93. The molecule has 4 heteroatoms. The van der Waals surface area contributed by atoms with E-state index in [-0.39, 0.29) is 5.69 Å². The van der Waals surface area contributed by atoms with E-state index in [1.165, 1.54) is 12.1 Å². The largest absolute Gasteiger partial charge is 0.273 e. The van der Waals surface area contributed by atoms with Crippen LogP contribution in [0.15, 0.2) is 37.4 Å². The highest BCUT2D eigenvalue weighted by molar-refractivity contribution is 5.34. The molecule has 0 aliphatic heterocycles. The topological polar surface area (TPSA) is 56.0 Å². The van der Waals surface area contributed by atoms with E-state index in [1.807, 2.05) is 0 Å². The highest BCUT2D eigenvalue weighted by Gasteiger charge is 2.09. The van der Waals surface area contributed by atoms with Crippen molar-refractivity contribution in [1.29, 1.82) is 0 Å². The summed E-state index contributed by atoms with van der Waals surface area (Å²) in [5, 5.41) is 10.6. The van der Waals surface area contributed by atoms with Crippen molar-refractivity contribution in [2.75, 3.05) is 0 Å². The molecule has 0 amide bonds. The second-order valence-corrected chi connectivity index (χ2v) is 3.05. The molecule has 0 aromatic carbocycles. The monoisotopic (exact) mass is 204 g/mol. The minimum atomic E-state index is -0.416. The second kappa shape index (κ2) is 5.05. The standard InChI is InChI=1S/C11H12N2O2/c1-3-5-9-7-11(13(14)15)8-10(12-9)6-4-2/h3-4,7-8H,1-2,5-6H2. The molecule has 0 aliphatic rings. The van der Waals surface area contributed by atoms with Gasteiger partial charge in [0.2, 0.25) is 0 Å². The highest BCUT2D eigenvalue weighted by atomic mass is 16.6. The Morgan fingerprint density at radius 1 is 1.27 bits per heavy atom. The van der Waals surface area contributed by atoms with Gasteiger partial charge in [-0.3, -0.25) is 15.1 Å². The van der Waals surface area contributed by atoms with Crippen molar-refractivity contribution in [3.8, 4) is 0 Å². The maximum atomic E-state index is 10.6. The van der Waals surface area contributed by atoms with Gasteiger partial charge in [0.15, 0.2) is 0 Å². The number of aromatic nitrogens is 1. The quantitative estimate of drug-likeness (QED) is 0.420. The van der Waals surface area contributed by atoms with E-state index in [2.05, 4.69) is 18.1 Å². The van der Waals surface area contributed by atoms with Crippen LogP contribution in [0.3, 0.4) is 0 Å². The van der Waals surface area contributed by atoms with Gasteiger partial charge in [0.25, 0.3) is 5.69 Å². The van der Waals surface area contributed by atoms with Gasteiger partial charge in [-0.05, 0) is 0 Å². The summed E-state index contributed by atoms with van der Waals surface area (Å²) in [4.78, 5) is 14.5. The number of nitro groups is 1. The fourth-order valence-electron chi connectivity index (χ4n) is 1.24. The molecule has 4 nitrogen and oxygen atoms in total. The van der Waals surface area contributed by atoms with Gasteiger partial charge in [-0.2, -0.15) is 0 Å². The average molecular weight is 204 g/mol. The number of rotatable bonds is 5. The summed E-state index contributed by atoms with van der Waals surface area (Å²) < 4.78 is 0. The van der Waals surface area contributed by atoms with Crippen LogP contribution in [0, 0.1) is 10.1 Å². The number of hydrogen-bond donors (Lipinski definition) is 0. The molecular weight excluding hydrogens is 192 g/mol. The van der Waals surface area contributed by atoms with Gasteiger partial charge in [0, 0.05) is 25.0 Å². The third-order valence-corrected chi connectivity index (χ3v) is 1.83. The maximum absolute atomic E-state index is 10.6. The zero-order valence-corrected chi connectivity index (χ0v) is 8.35. The summed E-state index contributed by atoms with van der Waals surface area (Å²) in [6.45, 7) is 7.15. The molecule has 0 spiro atoms. The molecule has 1 aromatic rings. The lowest BCUT2D eigenvalue weighted by Gasteiger charge is -2.01.